The van der Waals surface area contributed by atoms with Crippen molar-refractivity contribution in [2.75, 3.05) is 0 Å². The number of halogens is 1. The van der Waals surface area contributed by atoms with Crippen molar-refractivity contribution in [1.29, 1.82) is 0 Å². The predicted octanol–water partition coefficient (Wildman–Crippen LogP) is 2.64. The number of aromatic nitrogens is 1. The molecular weight excluding hydrogens is 364 g/mol. The molecule has 20 heavy (non-hydrogen) atoms. The first-order valence-electron chi connectivity index (χ1n) is 5.55. The second-order valence-electron chi connectivity index (χ2n) is 4.09. The lowest BCUT2D eigenvalue weighted by molar-refractivity contribution is 0.0981. The molecule has 0 aliphatic heterocycles. The minimum Gasteiger partial charge on any atom is -0.268 e. The topological polar surface area (TPSA) is 76.1 Å². The summed E-state index contributed by atoms with van der Waals surface area (Å²) >= 11 is 4.31. The van der Waals surface area contributed by atoms with E-state index in [9.17, 15) is 13.2 Å². The average molecular weight is 375 g/mol. The molecule has 1 heterocycles. The highest BCUT2D eigenvalue weighted by atomic mass is 79.9. The van der Waals surface area contributed by atoms with Crippen molar-refractivity contribution in [3.63, 3.8) is 0 Å². The van der Waals surface area contributed by atoms with Gasteiger partial charge in [0.05, 0.1) is 11.2 Å². The Hall–Kier alpha value is -1.25. The first-order chi connectivity index (χ1) is 9.29. The Balaban J connectivity index is 2.27. The second kappa shape index (κ2) is 5.63. The van der Waals surface area contributed by atoms with Crippen molar-refractivity contribution < 1.29 is 13.2 Å². The Morgan fingerprint density at radius 2 is 2.05 bits per heavy atom. The van der Waals surface area contributed by atoms with Crippen LogP contribution in [-0.2, 0) is 10.0 Å². The maximum absolute atomic E-state index is 12.1. The van der Waals surface area contributed by atoms with Gasteiger partial charge in [-0.1, -0.05) is 15.9 Å². The number of carbonyl (C=O) groups is 1. The largest absolute Gasteiger partial charge is 0.275 e. The van der Waals surface area contributed by atoms with Gasteiger partial charge in [-0.3, -0.25) is 4.79 Å². The van der Waals surface area contributed by atoms with Gasteiger partial charge in [0.1, 0.15) is 0 Å². The molecule has 0 atom stereocenters. The lowest BCUT2D eigenvalue weighted by Gasteiger charge is -2.07. The Morgan fingerprint density at radius 1 is 1.35 bits per heavy atom. The van der Waals surface area contributed by atoms with Crippen LogP contribution in [0.25, 0.3) is 0 Å². The third kappa shape index (κ3) is 3.25. The summed E-state index contributed by atoms with van der Waals surface area (Å²) in [5, 5.41) is 0.623. The maximum atomic E-state index is 12.1. The molecule has 1 aromatic carbocycles. The van der Waals surface area contributed by atoms with Crippen LogP contribution in [-0.4, -0.2) is 19.3 Å². The van der Waals surface area contributed by atoms with Crippen molar-refractivity contribution in [2.45, 2.75) is 18.1 Å². The van der Waals surface area contributed by atoms with Gasteiger partial charge in [0.15, 0.2) is 4.21 Å². The lowest BCUT2D eigenvalue weighted by Crippen LogP contribution is -2.30. The maximum Gasteiger partial charge on any atom is 0.275 e. The molecule has 0 fully saturated rings. The van der Waals surface area contributed by atoms with E-state index < -0.39 is 15.9 Å². The van der Waals surface area contributed by atoms with Crippen molar-refractivity contribution in [3.05, 3.63) is 45.0 Å². The third-order valence-electron chi connectivity index (χ3n) is 2.53. The van der Waals surface area contributed by atoms with E-state index in [4.69, 9.17) is 0 Å². The molecule has 106 valence electrons. The molecule has 1 N–H and O–H groups in total. The Bertz CT molecular complexity index is 769. The highest BCUT2D eigenvalue weighted by Crippen LogP contribution is 2.19. The van der Waals surface area contributed by atoms with E-state index in [0.717, 1.165) is 15.8 Å². The van der Waals surface area contributed by atoms with Gasteiger partial charge in [-0.05, 0) is 37.6 Å². The van der Waals surface area contributed by atoms with E-state index in [1.54, 1.807) is 32.0 Å². The summed E-state index contributed by atoms with van der Waals surface area (Å²) < 4.78 is 27.0. The number of nitrogens with zero attached hydrogens (tertiary/aromatic N) is 1. The standard InChI is InChI=1S/C12H11BrN2O3S2/c1-7-5-9(13)3-4-10(7)12(16)15-20(17,18)11-6-14-8(2)19-11/h3-6H,1-2H3,(H,15,16). The van der Waals surface area contributed by atoms with Crippen LogP contribution in [0.2, 0.25) is 0 Å². The number of hydrogen-bond acceptors (Lipinski definition) is 5. The average Bonchev–Trinajstić information content (AvgIpc) is 2.75. The monoisotopic (exact) mass is 374 g/mol. The molecule has 0 unspecified atom stereocenters. The zero-order chi connectivity index (χ0) is 14.9. The molecule has 0 aliphatic rings. The number of amides is 1. The SMILES string of the molecule is Cc1ncc(S(=O)(=O)NC(=O)c2ccc(Br)cc2C)s1. The summed E-state index contributed by atoms with van der Waals surface area (Å²) in [5.41, 5.74) is 1.01. The molecule has 8 heteroatoms. The summed E-state index contributed by atoms with van der Waals surface area (Å²) in [6, 6.07) is 5.01. The van der Waals surface area contributed by atoms with Gasteiger partial charge >= 0.3 is 0 Å². The van der Waals surface area contributed by atoms with E-state index in [1.807, 2.05) is 0 Å². The fourth-order valence-corrected chi connectivity index (χ4v) is 4.12. The number of thiazole rings is 1. The molecule has 0 saturated heterocycles. The van der Waals surface area contributed by atoms with E-state index in [0.29, 0.717) is 16.1 Å². The highest BCUT2D eigenvalue weighted by Gasteiger charge is 2.21. The van der Waals surface area contributed by atoms with Crippen LogP contribution < -0.4 is 4.72 Å². The number of aryl methyl sites for hydroxylation is 2. The molecular formula is C12H11BrN2O3S2. The van der Waals surface area contributed by atoms with Gasteiger partial charge < -0.3 is 0 Å². The number of benzene rings is 1. The van der Waals surface area contributed by atoms with Crippen LogP contribution in [0.3, 0.4) is 0 Å². The van der Waals surface area contributed by atoms with Crippen molar-refractivity contribution in [1.82, 2.24) is 9.71 Å². The van der Waals surface area contributed by atoms with Crippen LogP contribution in [0.1, 0.15) is 20.9 Å². The quantitative estimate of drug-likeness (QED) is 0.895. The third-order valence-corrected chi connectivity index (χ3v) is 5.72. The summed E-state index contributed by atoms with van der Waals surface area (Å²) in [4.78, 5) is 15.9. The Morgan fingerprint density at radius 3 is 2.60 bits per heavy atom. The van der Waals surface area contributed by atoms with Crippen LogP contribution >= 0.6 is 27.3 Å². The molecule has 5 nitrogen and oxygen atoms in total. The lowest BCUT2D eigenvalue weighted by atomic mass is 10.1. The summed E-state index contributed by atoms with van der Waals surface area (Å²) in [5.74, 6) is -0.652. The van der Waals surface area contributed by atoms with Crippen LogP contribution in [0, 0.1) is 13.8 Å². The number of hydrogen-bond donors (Lipinski definition) is 1. The fraction of sp³-hybridized carbons (Fsp3) is 0.167. The highest BCUT2D eigenvalue weighted by molar-refractivity contribution is 9.10. The van der Waals surface area contributed by atoms with Gasteiger partial charge in [-0.2, -0.15) is 0 Å². The second-order valence-corrected chi connectivity index (χ2v) is 8.15. The molecule has 1 amide bonds. The first kappa shape index (κ1) is 15.1. The normalized spacial score (nSPS) is 11.3. The van der Waals surface area contributed by atoms with E-state index in [-0.39, 0.29) is 4.21 Å². The minimum absolute atomic E-state index is 0.0260. The van der Waals surface area contributed by atoms with Crippen molar-refractivity contribution >= 4 is 43.2 Å². The van der Waals surface area contributed by atoms with E-state index >= 15 is 0 Å². The Labute approximate surface area is 129 Å². The molecule has 2 aromatic rings. The van der Waals surface area contributed by atoms with Gasteiger partial charge in [-0.25, -0.2) is 18.1 Å². The van der Waals surface area contributed by atoms with Gasteiger partial charge in [-0.15, -0.1) is 11.3 Å². The smallest absolute Gasteiger partial charge is 0.268 e. The summed E-state index contributed by atoms with van der Waals surface area (Å²) in [7, 11) is -3.87. The fourth-order valence-electron chi connectivity index (χ4n) is 1.58. The molecule has 2 rings (SSSR count). The zero-order valence-corrected chi connectivity index (χ0v) is 13.9. The summed E-state index contributed by atoms with van der Waals surface area (Å²) in [6.45, 7) is 3.44. The van der Waals surface area contributed by atoms with Gasteiger partial charge in [0.2, 0.25) is 0 Å². The van der Waals surface area contributed by atoms with Crippen LogP contribution in [0.15, 0.2) is 33.1 Å². The number of rotatable bonds is 3. The van der Waals surface area contributed by atoms with Crippen molar-refractivity contribution in [3.8, 4) is 0 Å². The predicted molar refractivity (Wildman–Crippen MR) is 80.4 cm³/mol. The summed E-state index contributed by atoms with van der Waals surface area (Å²) in [6.07, 6.45) is 1.24. The molecule has 0 bridgehead atoms. The number of sulfonamides is 1. The molecule has 0 saturated carbocycles. The number of carbonyl (C=O) groups excluding carboxylic acids is 1. The number of nitrogens with one attached hydrogen (secondary N) is 1. The van der Waals surface area contributed by atoms with E-state index in [1.165, 1.54) is 6.20 Å². The van der Waals surface area contributed by atoms with Crippen LogP contribution in [0.4, 0.5) is 0 Å². The van der Waals surface area contributed by atoms with Gasteiger partial charge in [0.25, 0.3) is 15.9 Å². The molecule has 0 aliphatic carbocycles. The Kier molecular flexibility index (Phi) is 4.26. The van der Waals surface area contributed by atoms with Crippen LogP contribution in [0.5, 0.6) is 0 Å². The van der Waals surface area contributed by atoms with Gasteiger partial charge in [0, 0.05) is 10.0 Å². The van der Waals surface area contributed by atoms with Crippen molar-refractivity contribution in [2.24, 2.45) is 0 Å². The first-order valence-corrected chi connectivity index (χ1v) is 8.64. The molecule has 0 spiro atoms. The van der Waals surface area contributed by atoms with E-state index in [2.05, 4.69) is 25.6 Å². The molecule has 0 radical (unpaired) electrons. The zero-order valence-electron chi connectivity index (χ0n) is 10.7. The minimum atomic E-state index is -3.87. The molecule has 1 aromatic heterocycles.